The highest BCUT2D eigenvalue weighted by Gasteiger charge is 2.27. The number of nitriles is 1. The SMILES string of the molecule is Cc1c(C(O)CN2CCc3nc(-n4nc(C#N)c5ccccc54)ncc3C2)ccc2c1COC2=O. The van der Waals surface area contributed by atoms with Crippen LogP contribution in [0.2, 0.25) is 0 Å². The minimum Gasteiger partial charge on any atom is -0.457 e. The van der Waals surface area contributed by atoms with Gasteiger partial charge in [0.1, 0.15) is 12.7 Å². The number of nitrogens with zero attached hydrogens (tertiary/aromatic N) is 6. The van der Waals surface area contributed by atoms with E-state index in [1.807, 2.05) is 43.5 Å². The average Bonchev–Trinajstić information content (AvgIpc) is 3.45. The molecule has 0 amide bonds. The zero-order valence-corrected chi connectivity index (χ0v) is 19.1. The van der Waals surface area contributed by atoms with E-state index in [9.17, 15) is 15.2 Å². The lowest BCUT2D eigenvalue weighted by molar-refractivity contribution is 0.0535. The summed E-state index contributed by atoms with van der Waals surface area (Å²) in [5, 5.41) is 25.6. The molecule has 1 N–H and O–H groups in total. The van der Waals surface area contributed by atoms with E-state index in [-0.39, 0.29) is 12.6 Å². The fraction of sp³-hybridized carbons (Fsp3) is 0.269. The number of aromatic nitrogens is 4. The Kier molecular flexibility index (Phi) is 5.06. The van der Waals surface area contributed by atoms with E-state index in [1.54, 1.807) is 10.7 Å². The molecule has 0 radical (unpaired) electrons. The summed E-state index contributed by atoms with van der Waals surface area (Å²) < 4.78 is 6.75. The first-order valence-electron chi connectivity index (χ1n) is 11.5. The predicted octanol–water partition coefficient (Wildman–Crippen LogP) is 2.76. The van der Waals surface area contributed by atoms with E-state index in [0.717, 1.165) is 45.4 Å². The summed E-state index contributed by atoms with van der Waals surface area (Å²) in [6.45, 7) is 4.03. The first-order valence-corrected chi connectivity index (χ1v) is 11.5. The summed E-state index contributed by atoms with van der Waals surface area (Å²) in [7, 11) is 0. The molecule has 4 heterocycles. The number of fused-ring (bicyclic) bond motifs is 3. The number of hydrogen-bond donors (Lipinski definition) is 1. The van der Waals surface area contributed by atoms with Crippen LogP contribution in [0.5, 0.6) is 0 Å². The van der Waals surface area contributed by atoms with Crippen molar-refractivity contribution in [3.05, 3.63) is 81.8 Å². The number of benzene rings is 2. The quantitative estimate of drug-likeness (QED) is 0.456. The lowest BCUT2D eigenvalue weighted by Crippen LogP contribution is -2.35. The summed E-state index contributed by atoms with van der Waals surface area (Å²) in [6, 6.07) is 13.3. The lowest BCUT2D eigenvalue weighted by Gasteiger charge is -2.30. The van der Waals surface area contributed by atoms with Gasteiger partial charge in [-0.05, 0) is 36.2 Å². The van der Waals surface area contributed by atoms with Crippen LogP contribution in [-0.4, -0.2) is 48.8 Å². The van der Waals surface area contributed by atoms with Crippen molar-refractivity contribution in [2.24, 2.45) is 0 Å². The van der Waals surface area contributed by atoms with Gasteiger partial charge in [0.05, 0.1) is 22.9 Å². The maximum Gasteiger partial charge on any atom is 0.338 e. The van der Waals surface area contributed by atoms with Gasteiger partial charge in [0, 0.05) is 48.8 Å². The molecular formula is C26H22N6O3. The van der Waals surface area contributed by atoms with E-state index in [4.69, 9.17) is 9.72 Å². The van der Waals surface area contributed by atoms with Crippen LogP contribution in [0.4, 0.5) is 0 Å². The summed E-state index contributed by atoms with van der Waals surface area (Å²) in [5.74, 6) is 0.142. The fourth-order valence-electron chi connectivity index (χ4n) is 4.99. The minimum absolute atomic E-state index is 0.263. The zero-order chi connectivity index (χ0) is 24.1. The van der Waals surface area contributed by atoms with Crippen LogP contribution in [0.25, 0.3) is 16.9 Å². The van der Waals surface area contributed by atoms with Gasteiger partial charge in [0.2, 0.25) is 0 Å². The summed E-state index contributed by atoms with van der Waals surface area (Å²) in [4.78, 5) is 23.3. The number of hydrogen-bond acceptors (Lipinski definition) is 8. The second-order valence-electron chi connectivity index (χ2n) is 8.91. The third-order valence-electron chi connectivity index (χ3n) is 6.88. The maximum atomic E-state index is 11.8. The largest absolute Gasteiger partial charge is 0.457 e. The third-order valence-corrected chi connectivity index (χ3v) is 6.88. The summed E-state index contributed by atoms with van der Waals surface area (Å²) in [6.07, 6.45) is 1.84. The lowest BCUT2D eigenvalue weighted by atomic mass is 9.95. The van der Waals surface area contributed by atoms with Crippen molar-refractivity contribution < 1.29 is 14.6 Å². The smallest absolute Gasteiger partial charge is 0.338 e. The molecule has 9 nitrogen and oxygen atoms in total. The van der Waals surface area contributed by atoms with Gasteiger partial charge in [-0.2, -0.15) is 15.0 Å². The highest BCUT2D eigenvalue weighted by molar-refractivity contribution is 5.94. The molecular weight excluding hydrogens is 444 g/mol. The van der Waals surface area contributed by atoms with Gasteiger partial charge in [0.15, 0.2) is 5.69 Å². The Morgan fingerprint density at radius 2 is 2.11 bits per heavy atom. The molecule has 2 aliphatic heterocycles. The topological polar surface area (TPSA) is 117 Å². The average molecular weight is 467 g/mol. The molecule has 0 spiro atoms. The van der Waals surface area contributed by atoms with Crippen LogP contribution >= 0.6 is 0 Å². The molecule has 2 aliphatic rings. The number of aliphatic hydroxyl groups excluding tert-OH is 1. The Labute approximate surface area is 201 Å². The van der Waals surface area contributed by atoms with E-state index in [1.165, 1.54) is 0 Å². The summed E-state index contributed by atoms with van der Waals surface area (Å²) in [5.41, 5.74) is 6.28. The number of carbonyl (C=O) groups is 1. The zero-order valence-electron chi connectivity index (χ0n) is 19.1. The number of para-hydroxylation sites is 1. The van der Waals surface area contributed by atoms with Crippen molar-refractivity contribution in [2.75, 3.05) is 13.1 Å². The molecule has 0 saturated carbocycles. The molecule has 174 valence electrons. The number of cyclic esters (lactones) is 1. The van der Waals surface area contributed by atoms with Crippen LogP contribution in [0.1, 0.15) is 50.1 Å². The van der Waals surface area contributed by atoms with Crippen LogP contribution in [0, 0.1) is 18.3 Å². The molecule has 0 fully saturated rings. The predicted molar refractivity (Wildman–Crippen MR) is 126 cm³/mol. The molecule has 1 unspecified atom stereocenters. The Morgan fingerprint density at radius 1 is 1.26 bits per heavy atom. The Hall–Kier alpha value is -4.13. The van der Waals surface area contributed by atoms with E-state index < -0.39 is 6.10 Å². The van der Waals surface area contributed by atoms with E-state index >= 15 is 0 Å². The molecule has 35 heavy (non-hydrogen) atoms. The van der Waals surface area contributed by atoms with Crippen LogP contribution in [-0.2, 0) is 24.3 Å². The van der Waals surface area contributed by atoms with Crippen LogP contribution in [0.15, 0.2) is 42.6 Å². The second kappa shape index (κ2) is 8.27. The number of carbonyl (C=O) groups excluding carboxylic acids is 1. The number of esters is 1. The van der Waals surface area contributed by atoms with Gasteiger partial charge < -0.3 is 9.84 Å². The first-order chi connectivity index (χ1) is 17.0. The monoisotopic (exact) mass is 466 g/mol. The number of rotatable bonds is 4. The van der Waals surface area contributed by atoms with Gasteiger partial charge in [-0.3, -0.25) is 4.90 Å². The van der Waals surface area contributed by atoms with Crippen LogP contribution < -0.4 is 0 Å². The molecule has 9 heteroatoms. The molecule has 1 atom stereocenters. The van der Waals surface area contributed by atoms with E-state index in [2.05, 4.69) is 21.1 Å². The Balaban J connectivity index is 1.22. The molecule has 2 aromatic carbocycles. The van der Waals surface area contributed by atoms with Gasteiger partial charge in [0.25, 0.3) is 5.95 Å². The number of β-amino-alcohol motifs (C(OH)–C–C–N with tert-alkyl or cyclic N) is 1. The summed E-state index contributed by atoms with van der Waals surface area (Å²) >= 11 is 0. The highest BCUT2D eigenvalue weighted by atomic mass is 16.5. The second-order valence-corrected chi connectivity index (χ2v) is 8.91. The standard InChI is InChI=1S/C26H22N6O3/c1-15-17(6-7-18-20(15)14-35-25(18)34)24(33)13-31-9-8-21-16(12-31)11-28-26(29-21)32-23-5-3-2-4-19(23)22(10-27)30-32/h2-7,11,24,33H,8-9,12-14H2,1H3. The molecule has 2 aromatic heterocycles. The van der Waals surface area contributed by atoms with Gasteiger partial charge in [-0.15, -0.1) is 0 Å². The molecule has 0 aliphatic carbocycles. The Morgan fingerprint density at radius 3 is 2.97 bits per heavy atom. The Bertz CT molecular complexity index is 1540. The van der Waals surface area contributed by atoms with E-state index in [0.29, 0.717) is 36.7 Å². The van der Waals surface area contributed by atoms with Crippen molar-refractivity contribution in [3.63, 3.8) is 0 Å². The van der Waals surface area contributed by atoms with Crippen molar-refractivity contribution in [1.29, 1.82) is 5.26 Å². The van der Waals surface area contributed by atoms with Crippen molar-refractivity contribution in [2.45, 2.75) is 32.6 Å². The first kappa shape index (κ1) is 21.4. The van der Waals surface area contributed by atoms with Crippen LogP contribution in [0.3, 0.4) is 0 Å². The number of aliphatic hydroxyl groups is 1. The third kappa shape index (κ3) is 3.55. The normalized spacial score (nSPS) is 16.0. The minimum atomic E-state index is -0.683. The number of ether oxygens (including phenoxy) is 1. The van der Waals surface area contributed by atoms with Crippen molar-refractivity contribution in [3.8, 4) is 12.0 Å². The fourth-order valence-corrected chi connectivity index (χ4v) is 4.99. The molecule has 4 aromatic rings. The maximum absolute atomic E-state index is 11.8. The highest BCUT2D eigenvalue weighted by Crippen LogP contribution is 2.30. The molecule has 0 bridgehead atoms. The molecule has 6 rings (SSSR count). The van der Waals surface area contributed by atoms with Gasteiger partial charge in [-0.1, -0.05) is 18.2 Å². The molecule has 0 saturated heterocycles. The van der Waals surface area contributed by atoms with Gasteiger partial charge in [-0.25, -0.2) is 14.8 Å². The van der Waals surface area contributed by atoms with Crippen molar-refractivity contribution >= 4 is 16.9 Å². The van der Waals surface area contributed by atoms with Gasteiger partial charge >= 0.3 is 5.97 Å². The van der Waals surface area contributed by atoms with Crippen molar-refractivity contribution in [1.82, 2.24) is 24.6 Å².